The smallest absolute Gasteiger partial charge is 0.124 e. The molecule has 18 heavy (non-hydrogen) atoms. The van der Waals surface area contributed by atoms with Crippen LogP contribution in [0.4, 0.5) is 4.39 Å². The normalized spacial score (nSPS) is 12.4. The first kappa shape index (κ1) is 13.2. The first-order valence-corrected chi connectivity index (χ1v) is 6.54. The Labute approximate surface area is 114 Å². The number of aliphatic hydroxyl groups is 1. The SMILES string of the molecule is Cc1cccc(C(O)Cc2ccc(F)cc2Br)c1. The van der Waals surface area contributed by atoms with Gasteiger partial charge in [-0.2, -0.15) is 0 Å². The minimum absolute atomic E-state index is 0.282. The van der Waals surface area contributed by atoms with Crippen LogP contribution in [0.3, 0.4) is 0 Å². The Morgan fingerprint density at radius 3 is 2.67 bits per heavy atom. The van der Waals surface area contributed by atoms with E-state index in [0.717, 1.165) is 16.7 Å². The van der Waals surface area contributed by atoms with Crippen molar-refractivity contribution in [2.45, 2.75) is 19.4 Å². The summed E-state index contributed by atoms with van der Waals surface area (Å²) in [5.74, 6) is -0.282. The zero-order valence-corrected chi connectivity index (χ0v) is 11.6. The van der Waals surface area contributed by atoms with Crippen molar-refractivity contribution < 1.29 is 9.50 Å². The average Bonchev–Trinajstić information content (AvgIpc) is 2.32. The summed E-state index contributed by atoms with van der Waals surface area (Å²) in [6, 6.07) is 12.3. The second-order valence-corrected chi connectivity index (χ2v) is 5.22. The molecule has 2 aromatic rings. The van der Waals surface area contributed by atoms with Crippen LogP contribution < -0.4 is 0 Å². The molecule has 0 aliphatic rings. The third kappa shape index (κ3) is 3.18. The van der Waals surface area contributed by atoms with Gasteiger partial charge in [0.15, 0.2) is 0 Å². The molecule has 0 radical (unpaired) electrons. The van der Waals surface area contributed by atoms with E-state index in [2.05, 4.69) is 15.9 Å². The second kappa shape index (κ2) is 5.63. The maximum absolute atomic E-state index is 13.0. The van der Waals surface area contributed by atoms with Gasteiger partial charge in [0, 0.05) is 10.9 Å². The zero-order valence-electron chi connectivity index (χ0n) is 10.0. The lowest BCUT2D eigenvalue weighted by Crippen LogP contribution is -2.02. The van der Waals surface area contributed by atoms with E-state index in [1.165, 1.54) is 12.1 Å². The molecular formula is C15H14BrFO. The van der Waals surface area contributed by atoms with Crippen LogP contribution >= 0.6 is 15.9 Å². The predicted molar refractivity (Wildman–Crippen MR) is 73.9 cm³/mol. The second-order valence-electron chi connectivity index (χ2n) is 4.37. The lowest BCUT2D eigenvalue weighted by molar-refractivity contribution is 0.178. The van der Waals surface area contributed by atoms with Gasteiger partial charge >= 0.3 is 0 Å². The summed E-state index contributed by atoms with van der Waals surface area (Å²) in [6.07, 6.45) is -0.115. The summed E-state index contributed by atoms with van der Waals surface area (Å²) in [4.78, 5) is 0. The van der Waals surface area contributed by atoms with Gasteiger partial charge in [-0.1, -0.05) is 51.8 Å². The molecule has 1 unspecified atom stereocenters. The molecular weight excluding hydrogens is 295 g/mol. The quantitative estimate of drug-likeness (QED) is 0.902. The third-order valence-corrected chi connectivity index (χ3v) is 3.59. The number of halogens is 2. The Kier molecular flexibility index (Phi) is 4.15. The Bertz CT molecular complexity index is 554. The number of hydrogen-bond acceptors (Lipinski definition) is 1. The molecule has 1 nitrogen and oxygen atoms in total. The molecule has 2 rings (SSSR count). The van der Waals surface area contributed by atoms with Crippen molar-refractivity contribution in [3.8, 4) is 0 Å². The summed E-state index contributed by atoms with van der Waals surface area (Å²) >= 11 is 3.31. The van der Waals surface area contributed by atoms with Crippen LogP contribution in [-0.2, 0) is 6.42 Å². The van der Waals surface area contributed by atoms with Crippen LogP contribution in [0.15, 0.2) is 46.9 Å². The van der Waals surface area contributed by atoms with Crippen LogP contribution in [0.2, 0.25) is 0 Å². The van der Waals surface area contributed by atoms with Gasteiger partial charge < -0.3 is 5.11 Å². The topological polar surface area (TPSA) is 20.2 Å². The standard InChI is InChI=1S/C15H14BrFO/c1-10-3-2-4-12(7-10)15(18)8-11-5-6-13(17)9-14(11)16/h2-7,9,15,18H,8H2,1H3. The summed E-state index contributed by atoms with van der Waals surface area (Å²) in [7, 11) is 0. The van der Waals surface area contributed by atoms with Crippen molar-refractivity contribution in [2.75, 3.05) is 0 Å². The molecule has 0 aliphatic carbocycles. The molecule has 1 atom stereocenters. The third-order valence-electron chi connectivity index (χ3n) is 2.86. The molecule has 0 bridgehead atoms. The molecule has 0 fully saturated rings. The van der Waals surface area contributed by atoms with Crippen LogP contribution in [0.1, 0.15) is 22.8 Å². The van der Waals surface area contributed by atoms with E-state index < -0.39 is 6.10 Å². The van der Waals surface area contributed by atoms with Crippen molar-refractivity contribution in [1.29, 1.82) is 0 Å². The Morgan fingerprint density at radius 2 is 2.00 bits per heavy atom. The molecule has 94 valence electrons. The monoisotopic (exact) mass is 308 g/mol. The molecule has 0 saturated heterocycles. The van der Waals surface area contributed by atoms with E-state index in [0.29, 0.717) is 10.9 Å². The Balaban J connectivity index is 2.18. The first-order valence-electron chi connectivity index (χ1n) is 5.75. The first-order chi connectivity index (χ1) is 8.56. The minimum Gasteiger partial charge on any atom is -0.388 e. The molecule has 2 aromatic carbocycles. The largest absolute Gasteiger partial charge is 0.388 e. The van der Waals surface area contributed by atoms with Crippen LogP contribution in [0.25, 0.3) is 0 Å². The molecule has 0 spiro atoms. The van der Waals surface area contributed by atoms with Crippen LogP contribution in [0, 0.1) is 12.7 Å². The molecule has 0 aromatic heterocycles. The average molecular weight is 309 g/mol. The van der Waals surface area contributed by atoms with Crippen molar-refractivity contribution in [3.05, 3.63) is 69.4 Å². The molecule has 3 heteroatoms. The summed E-state index contributed by atoms with van der Waals surface area (Å²) < 4.78 is 13.7. The van der Waals surface area contributed by atoms with Gasteiger partial charge in [0.1, 0.15) is 5.82 Å². The fourth-order valence-electron chi connectivity index (χ4n) is 1.89. The maximum Gasteiger partial charge on any atom is 0.124 e. The van der Waals surface area contributed by atoms with Crippen molar-refractivity contribution >= 4 is 15.9 Å². The Hall–Kier alpha value is -1.19. The van der Waals surface area contributed by atoms with E-state index in [-0.39, 0.29) is 5.82 Å². The lowest BCUT2D eigenvalue weighted by Gasteiger charge is -2.13. The highest BCUT2D eigenvalue weighted by molar-refractivity contribution is 9.10. The molecule has 0 amide bonds. The van der Waals surface area contributed by atoms with Gasteiger partial charge in [0.25, 0.3) is 0 Å². The predicted octanol–water partition coefficient (Wildman–Crippen LogP) is 4.17. The van der Waals surface area contributed by atoms with Gasteiger partial charge in [0.05, 0.1) is 6.10 Å². The van der Waals surface area contributed by atoms with Crippen molar-refractivity contribution in [2.24, 2.45) is 0 Å². The highest BCUT2D eigenvalue weighted by Crippen LogP contribution is 2.25. The molecule has 1 N–H and O–H groups in total. The van der Waals surface area contributed by atoms with Gasteiger partial charge in [-0.3, -0.25) is 0 Å². The van der Waals surface area contributed by atoms with E-state index in [1.807, 2.05) is 31.2 Å². The van der Waals surface area contributed by atoms with E-state index in [9.17, 15) is 9.50 Å². The van der Waals surface area contributed by atoms with Crippen molar-refractivity contribution in [1.82, 2.24) is 0 Å². The molecule has 0 saturated carbocycles. The highest BCUT2D eigenvalue weighted by Gasteiger charge is 2.11. The van der Waals surface area contributed by atoms with Crippen molar-refractivity contribution in [3.63, 3.8) is 0 Å². The Morgan fingerprint density at radius 1 is 1.22 bits per heavy atom. The van der Waals surface area contributed by atoms with Gasteiger partial charge in [-0.15, -0.1) is 0 Å². The maximum atomic E-state index is 13.0. The number of hydrogen-bond donors (Lipinski definition) is 1. The number of aryl methyl sites for hydroxylation is 1. The summed E-state index contributed by atoms with van der Waals surface area (Å²) in [5.41, 5.74) is 2.89. The fraction of sp³-hybridized carbons (Fsp3) is 0.200. The summed E-state index contributed by atoms with van der Waals surface area (Å²) in [5, 5.41) is 10.2. The van der Waals surface area contributed by atoms with Gasteiger partial charge in [-0.25, -0.2) is 4.39 Å². The van der Waals surface area contributed by atoms with Crippen LogP contribution in [-0.4, -0.2) is 5.11 Å². The minimum atomic E-state index is -0.577. The van der Waals surface area contributed by atoms with E-state index in [1.54, 1.807) is 6.07 Å². The highest BCUT2D eigenvalue weighted by atomic mass is 79.9. The number of aliphatic hydroxyl groups excluding tert-OH is 1. The van der Waals surface area contributed by atoms with E-state index >= 15 is 0 Å². The lowest BCUT2D eigenvalue weighted by atomic mass is 10.00. The summed E-state index contributed by atoms with van der Waals surface area (Å²) in [6.45, 7) is 1.99. The number of benzene rings is 2. The van der Waals surface area contributed by atoms with E-state index in [4.69, 9.17) is 0 Å². The van der Waals surface area contributed by atoms with Gasteiger partial charge in [-0.05, 0) is 30.2 Å². The molecule has 0 aliphatic heterocycles. The zero-order chi connectivity index (χ0) is 13.1. The number of rotatable bonds is 3. The van der Waals surface area contributed by atoms with Crippen LogP contribution in [0.5, 0.6) is 0 Å². The van der Waals surface area contributed by atoms with Gasteiger partial charge in [0.2, 0.25) is 0 Å². The fourth-order valence-corrected chi connectivity index (χ4v) is 2.40. The molecule has 0 heterocycles.